The van der Waals surface area contributed by atoms with E-state index in [9.17, 15) is 14.4 Å². The summed E-state index contributed by atoms with van der Waals surface area (Å²) in [6, 6.07) is -0.512. The molecule has 1 aliphatic heterocycles. The molecule has 6 nitrogen and oxygen atoms in total. The van der Waals surface area contributed by atoms with Gasteiger partial charge >= 0.3 is 6.03 Å². The van der Waals surface area contributed by atoms with Gasteiger partial charge < -0.3 is 4.90 Å². The topological polar surface area (TPSA) is 60.9 Å². The maximum absolute atomic E-state index is 13.1. The van der Waals surface area contributed by atoms with Gasteiger partial charge in [-0.1, -0.05) is 26.2 Å². The van der Waals surface area contributed by atoms with Crippen molar-refractivity contribution in [3.63, 3.8) is 0 Å². The SMILES string of the molecule is CCC1(CN(C)C)C(=O)N(C)C(=O)N(C2CCCCC2)C1=O. The molecule has 0 aromatic rings. The van der Waals surface area contributed by atoms with Crippen molar-refractivity contribution in [2.45, 2.75) is 51.5 Å². The quantitative estimate of drug-likeness (QED) is 0.742. The Morgan fingerprint density at radius 3 is 2.18 bits per heavy atom. The molecule has 4 amide bonds. The molecule has 0 N–H and O–H groups in total. The Balaban J connectivity index is 2.39. The summed E-state index contributed by atoms with van der Waals surface area (Å²) in [5.74, 6) is -0.672. The maximum atomic E-state index is 13.1. The van der Waals surface area contributed by atoms with Gasteiger partial charge in [0.2, 0.25) is 11.8 Å². The second-order valence-electron chi connectivity index (χ2n) is 6.79. The van der Waals surface area contributed by atoms with Crippen molar-refractivity contribution in [3.05, 3.63) is 0 Å². The number of rotatable bonds is 4. The van der Waals surface area contributed by atoms with Crippen molar-refractivity contribution < 1.29 is 14.4 Å². The number of hydrogen-bond donors (Lipinski definition) is 0. The molecule has 1 saturated heterocycles. The molecular weight excluding hydrogens is 282 g/mol. The van der Waals surface area contributed by atoms with Crippen LogP contribution in [0.5, 0.6) is 0 Å². The number of barbiturate groups is 1. The zero-order valence-electron chi connectivity index (χ0n) is 14.1. The van der Waals surface area contributed by atoms with E-state index < -0.39 is 11.4 Å². The molecule has 0 bridgehead atoms. The standard InChI is InChI=1S/C16H27N3O3/c1-5-16(11-17(2)3)13(20)18(4)15(22)19(14(16)21)12-9-7-6-8-10-12/h12H,5-11H2,1-4H3. The molecule has 1 unspecified atom stereocenters. The Morgan fingerprint density at radius 1 is 1.09 bits per heavy atom. The first-order chi connectivity index (χ1) is 10.3. The van der Waals surface area contributed by atoms with Crippen LogP contribution >= 0.6 is 0 Å². The van der Waals surface area contributed by atoms with Gasteiger partial charge in [0.05, 0.1) is 0 Å². The van der Waals surface area contributed by atoms with Crippen LogP contribution in [0.2, 0.25) is 0 Å². The van der Waals surface area contributed by atoms with Crippen LogP contribution in [0.25, 0.3) is 0 Å². The first-order valence-electron chi connectivity index (χ1n) is 8.15. The molecule has 1 saturated carbocycles. The molecule has 2 fully saturated rings. The summed E-state index contributed by atoms with van der Waals surface area (Å²) in [6.45, 7) is 2.18. The zero-order chi connectivity index (χ0) is 16.5. The number of urea groups is 1. The molecule has 22 heavy (non-hydrogen) atoms. The Labute approximate surface area is 132 Å². The minimum absolute atomic E-state index is 0.0580. The molecule has 1 aliphatic carbocycles. The Morgan fingerprint density at radius 2 is 1.68 bits per heavy atom. The van der Waals surface area contributed by atoms with Gasteiger partial charge in [-0.2, -0.15) is 0 Å². The third kappa shape index (κ3) is 2.64. The highest BCUT2D eigenvalue weighted by atomic mass is 16.2. The van der Waals surface area contributed by atoms with Gasteiger partial charge in [-0.05, 0) is 33.4 Å². The number of imide groups is 2. The van der Waals surface area contributed by atoms with E-state index in [1.165, 1.54) is 11.9 Å². The van der Waals surface area contributed by atoms with Crippen LogP contribution in [0, 0.1) is 5.41 Å². The summed E-state index contributed by atoms with van der Waals surface area (Å²) in [7, 11) is 5.19. The third-order valence-corrected chi connectivity index (χ3v) is 4.96. The van der Waals surface area contributed by atoms with Gasteiger partial charge in [-0.15, -0.1) is 0 Å². The highest BCUT2D eigenvalue weighted by molar-refractivity contribution is 6.19. The fraction of sp³-hybridized carbons (Fsp3) is 0.812. The average molecular weight is 309 g/mol. The van der Waals surface area contributed by atoms with E-state index in [1.807, 2.05) is 25.9 Å². The summed E-state index contributed by atoms with van der Waals surface area (Å²) in [5.41, 5.74) is -1.14. The van der Waals surface area contributed by atoms with E-state index in [4.69, 9.17) is 0 Å². The van der Waals surface area contributed by atoms with E-state index in [0.29, 0.717) is 13.0 Å². The average Bonchev–Trinajstić information content (AvgIpc) is 2.50. The van der Waals surface area contributed by atoms with E-state index in [0.717, 1.165) is 37.0 Å². The summed E-state index contributed by atoms with van der Waals surface area (Å²) < 4.78 is 0. The van der Waals surface area contributed by atoms with Gasteiger partial charge in [0.15, 0.2) is 0 Å². The van der Waals surface area contributed by atoms with Crippen molar-refractivity contribution >= 4 is 17.8 Å². The van der Waals surface area contributed by atoms with Crippen molar-refractivity contribution in [1.29, 1.82) is 0 Å². The fourth-order valence-corrected chi connectivity index (χ4v) is 3.73. The van der Waals surface area contributed by atoms with Crippen LogP contribution in [-0.4, -0.2) is 66.3 Å². The first-order valence-corrected chi connectivity index (χ1v) is 8.15. The monoisotopic (exact) mass is 309 g/mol. The van der Waals surface area contributed by atoms with Crippen LogP contribution in [0.1, 0.15) is 45.4 Å². The van der Waals surface area contributed by atoms with Crippen LogP contribution in [0.4, 0.5) is 4.79 Å². The van der Waals surface area contributed by atoms with Crippen LogP contribution in [-0.2, 0) is 9.59 Å². The smallest absolute Gasteiger partial charge is 0.308 e. The van der Waals surface area contributed by atoms with E-state index in [2.05, 4.69) is 0 Å². The predicted octanol–water partition coefficient (Wildman–Crippen LogP) is 1.70. The van der Waals surface area contributed by atoms with Crippen molar-refractivity contribution in [2.75, 3.05) is 27.7 Å². The summed E-state index contributed by atoms with van der Waals surface area (Å²) >= 11 is 0. The zero-order valence-corrected chi connectivity index (χ0v) is 14.1. The van der Waals surface area contributed by atoms with Crippen molar-refractivity contribution in [3.8, 4) is 0 Å². The molecule has 2 rings (SSSR count). The molecule has 124 valence electrons. The first kappa shape index (κ1) is 16.9. The molecule has 2 aliphatic rings. The Kier molecular flexibility index (Phi) is 4.90. The summed E-state index contributed by atoms with van der Waals surface area (Å²) in [4.78, 5) is 42.7. The fourth-order valence-electron chi connectivity index (χ4n) is 3.73. The van der Waals surface area contributed by atoms with Gasteiger partial charge in [-0.25, -0.2) is 4.79 Å². The Hall–Kier alpha value is -1.43. The normalized spacial score (nSPS) is 28.0. The molecule has 1 atom stereocenters. The van der Waals surface area contributed by atoms with Crippen LogP contribution in [0.3, 0.4) is 0 Å². The lowest BCUT2D eigenvalue weighted by Crippen LogP contribution is -2.68. The van der Waals surface area contributed by atoms with E-state index in [1.54, 1.807) is 0 Å². The number of nitrogens with zero attached hydrogens (tertiary/aromatic N) is 3. The second kappa shape index (κ2) is 6.36. The van der Waals surface area contributed by atoms with Gasteiger partial charge in [-0.3, -0.25) is 19.4 Å². The van der Waals surface area contributed by atoms with E-state index in [-0.39, 0.29) is 17.9 Å². The Bertz CT molecular complexity index is 471. The predicted molar refractivity (Wildman–Crippen MR) is 83.2 cm³/mol. The molecule has 0 aromatic heterocycles. The van der Waals surface area contributed by atoms with Crippen molar-refractivity contribution in [2.24, 2.45) is 5.41 Å². The highest BCUT2D eigenvalue weighted by Crippen LogP contribution is 2.36. The number of amides is 4. The lowest BCUT2D eigenvalue weighted by atomic mass is 9.78. The van der Waals surface area contributed by atoms with E-state index >= 15 is 0 Å². The number of carbonyl (C=O) groups is 3. The molecule has 6 heteroatoms. The molecule has 1 heterocycles. The van der Waals surface area contributed by atoms with Crippen molar-refractivity contribution in [1.82, 2.24) is 14.7 Å². The number of hydrogen-bond acceptors (Lipinski definition) is 4. The lowest BCUT2D eigenvalue weighted by molar-refractivity contribution is -0.161. The van der Waals surface area contributed by atoms with Gasteiger partial charge in [0, 0.05) is 19.6 Å². The minimum Gasteiger partial charge on any atom is -0.308 e. The molecular formula is C16H27N3O3. The van der Waals surface area contributed by atoms with Crippen LogP contribution in [0.15, 0.2) is 0 Å². The second-order valence-corrected chi connectivity index (χ2v) is 6.79. The third-order valence-electron chi connectivity index (χ3n) is 4.96. The maximum Gasteiger partial charge on any atom is 0.333 e. The molecule has 0 spiro atoms. The summed E-state index contributed by atoms with van der Waals surface area (Å²) in [5, 5.41) is 0. The minimum atomic E-state index is -1.14. The van der Waals surface area contributed by atoms with Gasteiger partial charge in [0.25, 0.3) is 0 Å². The molecule has 0 aromatic carbocycles. The summed E-state index contributed by atoms with van der Waals surface area (Å²) in [6.07, 6.45) is 5.32. The lowest BCUT2D eigenvalue weighted by Gasteiger charge is -2.46. The highest BCUT2D eigenvalue weighted by Gasteiger charge is 2.56. The number of carbonyl (C=O) groups excluding carboxylic acids is 3. The molecule has 0 radical (unpaired) electrons. The van der Waals surface area contributed by atoms with Crippen LogP contribution < -0.4 is 0 Å². The largest absolute Gasteiger partial charge is 0.333 e. The van der Waals surface area contributed by atoms with Gasteiger partial charge in [0.1, 0.15) is 5.41 Å².